The predicted molar refractivity (Wildman–Crippen MR) is 119 cm³/mol. The lowest BCUT2D eigenvalue weighted by atomic mass is 9.91. The zero-order valence-electron chi connectivity index (χ0n) is 16.5. The summed E-state index contributed by atoms with van der Waals surface area (Å²) in [5.41, 5.74) is 2.31. The normalized spacial score (nSPS) is 17.9. The van der Waals surface area contributed by atoms with Gasteiger partial charge in [-0.15, -0.1) is 0 Å². The van der Waals surface area contributed by atoms with Crippen LogP contribution < -0.4 is 10.6 Å². The number of hydrogen-bond acceptors (Lipinski definition) is 3. The second-order valence-corrected chi connectivity index (χ2v) is 8.88. The molecule has 3 aromatic carbocycles. The van der Waals surface area contributed by atoms with Crippen LogP contribution in [0, 0.1) is 0 Å². The van der Waals surface area contributed by atoms with Crippen LogP contribution in [0.2, 0.25) is 0 Å². The second-order valence-electron chi connectivity index (χ2n) is 7.00. The molecule has 3 aromatic rings. The van der Waals surface area contributed by atoms with E-state index in [-0.39, 0.29) is 12.2 Å². The van der Waals surface area contributed by atoms with Crippen LogP contribution in [-0.2, 0) is 19.4 Å². The van der Waals surface area contributed by atoms with Crippen molar-refractivity contribution >= 4 is 18.8 Å². The summed E-state index contributed by atoms with van der Waals surface area (Å²) in [6, 6.07) is 31.4. The molecule has 0 saturated heterocycles. The summed E-state index contributed by atoms with van der Waals surface area (Å²) < 4.78 is 17.4. The van der Waals surface area contributed by atoms with Gasteiger partial charge in [-0.05, 0) is 11.1 Å². The van der Waals surface area contributed by atoms with E-state index in [1.165, 1.54) is 21.7 Å². The van der Waals surface area contributed by atoms with Crippen molar-refractivity contribution in [3.8, 4) is 0 Å². The monoisotopic (exact) mass is 404 g/mol. The van der Waals surface area contributed by atoms with Gasteiger partial charge < -0.3 is 14.0 Å². The summed E-state index contributed by atoms with van der Waals surface area (Å²) in [6.45, 7) is 1.44. The van der Waals surface area contributed by atoms with Gasteiger partial charge in [-0.2, -0.15) is 0 Å². The van der Waals surface area contributed by atoms with E-state index < -0.39 is 8.15 Å². The molecule has 0 N–H and O–H groups in total. The molecule has 0 spiro atoms. The molecule has 0 amide bonds. The highest BCUT2D eigenvalue weighted by molar-refractivity contribution is 7.68. The van der Waals surface area contributed by atoms with E-state index in [0.29, 0.717) is 13.2 Å². The fraction of sp³-hybridized carbons (Fsp3) is 0.200. The first-order chi connectivity index (χ1) is 14.3. The van der Waals surface area contributed by atoms with Crippen LogP contribution in [0.1, 0.15) is 5.56 Å². The molecule has 0 radical (unpaired) electrons. The van der Waals surface area contributed by atoms with Crippen LogP contribution in [0.15, 0.2) is 103 Å². The molecule has 0 saturated carbocycles. The number of ether oxygens (including phenoxy) is 2. The lowest BCUT2D eigenvalue weighted by Crippen LogP contribution is -2.22. The fourth-order valence-electron chi connectivity index (χ4n) is 3.50. The summed E-state index contributed by atoms with van der Waals surface area (Å²) in [5.74, 6) is 0. The van der Waals surface area contributed by atoms with Gasteiger partial charge in [-0.25, -0.2) is 0 Å². The van der Waals surface area contributed by atoms with Gasteiger partial charge in [0.25, 0.3) is 0 Å². The highest BCUT2D eigenvalue weighted by Crippen LogP contribution is 2.49. The van der Waals surface area contributed by atoms with E-state index in [1.807, 2.05) is 18.2 Å². The quantitative estimate of drug-likeness (QED) is 0.215. The van der Waals surface area contributed by atoms with Crippen LogP contribution in [0.4, 0.5) is 0 Å². The first kappa shape index (κ1) is 20.0. The molecule has 1 aliphatic rings. The van der Waals surface area contributed by atoms with Crippen LogP contribution >= 0.6 is 8.15 Å². The molecule has 148 valence electrons. The van der Waals surface area contributed by atoms with Crippen LogP contribution in [0.25, 0.3) is 0 Å². The molecule has 0 aromatic heterocycles. The third-order valence-corrected chi connectivity index (χ3v) is 6.98. The van der Waals surface area contributed by atoms with Crippen molar-refractivity contribution in [1.82, 2.24) is 0 Å². The Labute approximate surface area is 173 Å². The van der Waals surface area contributed by atoms with Crippen molar-refractivity contribution in [1.29, 1.82) is 0 Å². The minimum atomic E-state index is -0.876. The Hall–Kier alpha value is -2.29. The third kappa shape index (κ3) is 4.66. The summed E-state index contributed by atoms with van der Waals surface area (Å²) >= 11 is 0. The largest absolute Gasteiger partial charge is 0.359 e. The molecule has 3 nitrogen and oxygen atoms in total. The minimum Gasteiger partial charge on any atom is -0.359 e. The van der Waals surface area contributed by atoms with Crippen molar-refractivity contribution in [2.24, 2.45) is 0 Å². The van der Waals surface area contributed by atoms with Gasteiger partial charge in [0.1, 0.15) is 6.79 Å². The Morgan fingerprint density at radius 1 is 0.759 bits per heavy atom. The Morgan fingerprint density at radius 3 is 1.86 bits per heavy atom. The summed E-state index contributed by atoms with van der Waals surface area (Å²) in [6.07, 6.45) is 2.27. The van der Waals surface area contributed by atoms with Gasteiger partial charge >= 0.3 is 0 Å². The van der Waals surface area contributed by atoms with E-state index in [1.54, 1.807) is 7.11 Å². The van der Waals surface area contributed by atoms with E-state index in [4.69, 9.17) is 14.0 Å². The molecular formula is C25H25O3P. The van der Waals surface area contributed by atoms with Crippen molar-refractivity contribution in [2.45, 2.75) is 5.41 Å². The van der Waals surface area contributed by atoms with Crippen LogP contribution in [-0.4, -0.2) is 27.1 Å². The first-order valence-corrected chi connectivity index (χ1v) is 11.0. The average Bonchev–Trinajstić information content (AvgIpc) is 3.50. The van der Waals surface area contributed by atoms with Crippen molar-refractivity contribution < 1.29 is 14.0 Å². The van der Waals surface area contributed by atoms with Gasteiger partial charge in [0, 0.05) is 17.7 Å². The van der Waals surface area contributed by atoms with Crippen LogP contribution in [0.5, 0.6) is 0 Å². The van der Waals surface area contributed by atoms with Gasteiger partial charge in [-0.1, -0.05) is 97.1 Å². The van der Waals surface area contributed by atoms with E-state index >= 15 is 0 Å². The van der Waals surface area contributed by atoms with E-state index in [2.05, 4.69) is 78.9 Å². The average molecular weight is 404 g/mol. The molecule has 0 aliphatic heterocycles. The van der Waals surface area contributed by atoms with Crippen molar-refractivity contribution in [2.75, 3.05) is 27.1 Å². The topological polar surface area (TPSA) is 27.7 Å². The number of rotatable bonds is 10. The third-order valence-electron chi connectivity index (χ3n) is 5.06. The lowest BCUT2D eigenvalue weighted by molar-refractivity contribution is -0.0370. The second kappa shape index (κ2) is 9.47. The summed E-state index contributed by atoms with van der Waals surface area (Å²) in [7, 11) is 0.769. The van der Waals surface area contributed by atoms with Crippen LogP contribution in [0.3, 0.4) is 0 Å². The first-order valence-electron chi connectivity index (χ1n) is 9.71. The maximum atomic E-state index is 6.53. The number of benzene rings is 3. The SMILES string of the molecule is COCOCC1(c2ccccc2)C=C1COP(c1ccccc1)c1ccccc1. The molecule has 0 fully saturated rings. The molecular weight excluding hydrogens is 379 g/mol. The minimum absolute atomic E-state index is 0.186. The molecule has 1 aliphatic carbocycles. The van der Waals surface area contributed by atoms with Crippen molar-refractivity contribution in [3.63, 3.8) is 0 Å². The Bertz CT molecular complexity index is 889. The highest BCUT2D eigenvalue weighted by Gasteiger charge is 2.46. The zero-order valence-corrected chi connectivity index (χ0v) is 17.4. The molecule has 29 heavy (non-hydrogen) atoms. The molecule has 0 heterocycles. The fourth-order valence-corrected chi connectivity index (χ4v) is 5.25. The Balaban J connectivity index is 1.51. The maximum absolute atomic E-state index is 6.53. The Morgan fingerprint density at radius 2 is 1.31 bits per heavy atom. The smallest absolute Gasteiger partial charge is 0.146 e. The predicted octanol–water partition coefficient (Wildman–Crippen LogP) is 4.55. The van der Waals surface area contributed by atoms with Gasteiger partial charge in [-0.3, -0.25) is 0 Å². The molecule has 0 bridgehead atoms. The summed E-state index contributed by atoms with van der Waals surface area (Å²) in [5, 5.41) is 2.44. The standard InChI is InChI=1S/C25H25O3P/c1-26-20-27-19-25(21-11-5-2-6-12-21)17-22(25)18-28-29(23-13-7-3-8-14-23)24-15-9-4-10-16-24/h2-17H,18-20H2,1H3. The molecule has 1 atom stereocenters. The summed E-state index contributed by atoms with van der Waals surface area (Å²) in [4.78, 5) is 0. The lowest BCUT2D eigenvalue weighted by Gasteiger charge is -2.22. The number of methoxy groups -OCH3 is 1. The van der Waals surface area contributed by atoms with Gasteiger partial charge in [0.05, 0.1) is 26.8 Å². The molecule has 4 rings (SSSR count). The van der Waals surface area contributed by atoms with Gasteiger partial charge in [0.2, 0.25) is 0 Å². The van der Waals surface area contributed by atoms with Crippen molar-refractivity contribution in [3.05, 3.63) is 108 Å². The number of hydrogen-bond donors (Lipinski definition) is 0. The molecule has 4 heteroatoms. The highest BCUT2D eigenvalue weighted by atomic mass is 31.1. The molecule has 1 unspecified atom stereocenters. The zero-order chi connectivity index (χ0) is 19.9. The Kier molecular flexibility index (Phi) is 6.53. The van der Waals surface area contributed by atoms with E-state index in [9.17, 15) is 0 Å². The maximum Gasteiger partial charge on any atom is 0.146 e. The van der Waals surface area contributed by atoms with Gasteiger partial charge in [0.15, 0.2) is 0 Å². The van der Waals surface area contributed by atoms with E-state index in [0.717, 1.165) is 0 Å².